The van der Waals surface area contributed by atoms with Gasteiger partial charge in [0.2, 0.25) is 0 Å². The molecular weight excluding hydrogens is 162 g/mol. The Morgan fingerprint density at radius 2 is 2.31 bits per heavy atom. The molecule has 0 atom stereocenters. The molecule has 1 aromatic heterocycles. The zero-order valence-corrected chi connectivity index (χ0v) is 8.70. The summed E-state index contributed by atoms with van der Waals surface area (Å²) in [6, 6.07) is 0. The van der Waals surface area contributed by atoms with Crippen LogP contribution in [0.4, 0.5) is 0 Å². The summed E-state index contributed by atoms with van der Waals surface area (Å²) in [5, 5.41) is 8.16. The summed E-state index contributed by atoms with van der Waals surface area (Å²) in [5.74, 6) is 0.478. The molecular formula is C10H18N3+. The van der Waals surface area contributed by atoms with E-state index in [1.165, 1.54) is 0 Å². The maximum absolute atomic E-state index is 4.10. The third-order valence-corrected chi connectivity index (χ3v) is 2.03. The lowest BCUT2D eigenvalue weighted by atomic mass is 10.2. The normalized spacial score (nSPS) is 10.8. The van der Waals surface area contributed by atoms with E-state index < -0.39 is 0 Å². The van der Waals surface area contributed by atoms with Gasteiger partial charge in [0.15, 0.2) is 0 Å². The van der Waals surface area contributed by atoms with Crippen LogP contribution in [0.1, 0.15) is 45.2 Å². The third kappa shape index (κ3) is 3.09. The molecule has 0 aliphatic heterocycles. The maximum Gasteiger partial charge on any atom is 0.0890 e. The summed E-state index contributed by atoms with van der Waals surface area (Å²) in [7, 11) is 0. The minimum absolute atomic E-state index is 0.478. The standard InChI is InChI=1S/C10H18N3/c1-4-5-6-7-13-8-10(9(2)3)11-12-13/h4,8-9H,5-7H2,1-3H3/q+1. The van der Waals surface area contributed by atoms with Crippen LogP contribution in [0, 0.1) is 6.42 Å². The fraction of sp³-hybridized carbons (Fsp3) is 0.700. The van der Waals surface area contributed by atoms with Crippen LogP contribution < -0.4 is 0 Å². The number of hydrogen-bond donors (Lipinski definition) is 0. The van der Waals surface area contributed by atoms with Crippen LogP contribution in [0.3, 0.4) is 0 Å². The topological polar surface area (TPSA) is 30.7 Å². The van der Waals surface area contributed by atoms with Crippen molar-refractivity contribution in [2.75, 3.05) is 0 Å². The molecule has 0 saturated heterocycles. The molecule has 72 valence electrons. The summed E-state index contributed by atoms with van der Waals surface area (Å²) < 4.78 is 1.93. The first kappa shape index (κ1) is 10.1. The minimum atomic E-state index is 0.478. The second-order valence-corrected chi connectivity index (χ2v) is 3.61. The second kappa shape index (κ2) is 4.90. The fourth-order valence-corrected chi connectivity index (χ4v) is 1.14. The zero-order chi connectivity index (χ0) is 9.68. The molecule has 1 heterocycles. The van der Waals surface area contributed by atoms with Crippen LogP contribution in [-0.2, 0) is 6.54 Å². The highest BCUT2D eigenvalue weighted by atomic mass is 15.4. The van der Waals surface area contributed by atoms with E-state index in [1.807, 2.05) is 10.9 Å². The quantitative estimate of drug-likeness (QED) is 0.514. The predicted molar refractivity (Wildman–Crippen MR) is 53.3 cm³/mol. The summed E-state index contributed by atoms with van der Waals surface area (Å²) in [6.07, 6.45) is 6.52. The van der Waals surface area contributed by atoms with E-state index in [0.29, 0.717) is 5.92 Å². The number of hydrogen-bond acceptors (Lipinski definition) is 2. The van der Waals surface area contributed by atoms with Crippen LogP contribution in [0.5, 0.6) is 0 Å². The van der Waals surface area contributed by atoms with Crippen molar-refractivity contribution in [1.29, 1.82) is 0 Å². The molecule has 0 radical (unpaired) electrons. The van der Waals surface area contributed by atoms with Gasteiger partial charge in [-0.25, -0.2) is 0 Å². The molecule has 0 bridgehead atoms. The summed E-state index contributed by atoms with van der Waals surface area (Å²) in [6.45, 7) is 7.33. The van der Waals surface area contributed by atoms with Gasteiger partial charge in [0.05, 0.1) is 25.5 Å². The number of unbranched alkanes of at least 4 members (excludes halogenated alkanes) is 2. The van der Waals surface area contributed by atoms with Crippen molar-refractivity contribution in [3.05, 3.63) is 18.3 Å². The Kier molecular flexibility index (Phi) is 3.80. The lowest BCUT2D eigenvalue weighted by molar-refractivity contribution is 0.556. The van der Waals surface area contributed by atoms with Crippen molar-refractivity contribution in [2.45, 2.75) is 46.1 Å². The number of nitrogens with zero attached hydrogens (tertiary/aromatic N) is 3. The Morgan fingerprint density at radius 3 is 2.85 bits per heavy atom. The van der Waals surface area contributed by atoms with E-state index in [1.54, 1.807) is 0 Å². The van der Waals surface area contributed by atoms with Gasteiger partial charge in [-0.05, 0) is 5.92 Å². The first-order valence-corrected chi connectivity index (χ1v) is 4.92. The zero-order valence-electron chi connectivity index (χ0n) is 8.70. The Labute approximate surface area is 80.1 Å². The van der Waals surface area contributed by atoms with Gasteiger partial charge in [-0.15, -0.1) is 5.10 Å². The highest BCUT2D eigenvalue weighted by molar-refractivity contribution is 4.97. The molecule has 3 heteroatoms. The molecule has 1 aromatic rings. The average Bonchev–Trinajstić information content (AvgIpc) is 2.53. The molecule has 0 aliphatic carbocycles. The Hall–Kier alpha value is -0.990. The van der Waals surface area contributed by atoms with Gasteiger partial charge in [-0.2, -0.15) is 0 Å². The number of aryl methyl sites for hydroxylation is 1. The van der Waals surface area contributed by atoms with E-state index in [4.69, 9.17) is 0 Å². The molecule has 3 nitrogen and oxygen atoms in total. The van der Waals surface area contributed by atoms with Crippen LogP contribution in [0.15, 0.2) is 6.20 Å². The molecule has 0 aromatic carbocycles. The first-order chi connectivity index (χ1) is 6.24. The molecule has 13 heavy (non-hydrogen) atoms. The lowest BCUT2D eigenvalue weighted by Crippen LogP contribution is -1.98. The van der Waals surface area contributed by atoms with Gasteiger partial charge in [0.25, 0.3) is 0 Å². The minimum Gasteiger partial charge on any atom is -0.252 e. The van der Waals surface area contributed by atoms with Crippen LogP contribution in [0.25, 0.3) is 0 Å². The highest BCUT2D eigenvalue weighted by Crippen LogP contribution is 2.09. The largest absolute Gasteiger partial charge is 0.252 e. The number of aromatic nitrogens is 3. The van der Waals surface area contributed by atoms with E-state index in [0.717, 1.165) is 25.1 Å². The van der Waals surface area contributed by atoms with Gasteiger partial charge in [-0.3, -0.25) is 4.68 Å². The first-order valence-electron chi connectivity index (χ1n) is 4.92. The third-order valence-electron chi connectivity index (χ3n) is 2.03. The molecule has 0 fully saturated rings. The summed E-state index contributed by atoms with van der Waals surface area (Å²) in [5.41, 5.74) is 1.08. The van der Waals surface area contributed by atoms with Crippen molar-refractivity contribution in [3.63, 3.8) is 0 Å². The Bertz CT molecular complexity index is 240. The predicted octanol–water partition coefficient (Wildman–Crippen LogP) is 2.41. The van der Waals surface area contributed by atoms with Crippen molar-refractivity contribution < 1.29 is 0 Å². The molecule has 0 amide bonds. The molecule has 1 rings (SSSR count). The van der Waals surface area contributed by atoms with Crippen molar-refractivity contribution in [3.8, 4) is 0 Å². The van der Waals surface area contributed by atoms with Crippen molar-refractivity contribution in [2.24, 2.45) is 0 Å². The summed E-state index contributed by atoms with van der Waals surface area (Å²) in [4.78, 5) is 0. The van der Waals surface area contributed by atoms with Crippen molar-refractivity contribution in [1.82, 2.24) is 15.0 Å². The Morgan fingerprint density at radius 1 is 1.54 bits per heavy atom. The van der Waals surface area contributed by atoms with Crippen molar-refractivity contribution >= 4 is 0 Å². The van der Waals surface area contributed by atoms with Crippen LogP contribution in [-0.4, -0.2) is 15.0 Å². The molecule has 0 spiro atoms. The van der Waals surface area contributed by atoms with Gasteiger partial charge in [0, 0.05) is 19.2 Å². The van der Waals surface area contributed by atoms with Gasteiger partial charge in [0.1, 0.15) is 0 Å². The van der Waals surface area contributed by atoms with Gasteiger partial charge in [-0.1, -0.05) is 19.1 Å². The van der Waals surface area contributed by atoms with Crippen LogP contribution >= 0.6 is 0 Å². The van der Waals surface area contributed by atoms with Gasteiger partial charge >= 0.3 is 0 Å². The number of rotatable bonds is 5. The SMILES string of the molecule is C[CH+]CCCn1cc(C(C)C)nn1. The lowest BCUT2D eigenvalue weighted by Gasteiger charge is -1.96. The van der Waals surface area contributed by atoms with E-state index in [-0.39, 0.29) is 0 Å². The Balaban J connectivity index is 2.40. The van der Waals surface area contributed by atoms with Gasteiger partial charge < -0.3 is 0 Å². The molecule has 0 aliphatic rings. The second-order valence-electron chi connectivity index (χ2n) is 3.61. The highest BCUT2D eigenvalue weighted by Gasteiger charge is 2.04. The van der Waals surface area contributed by atoms with E-state index in [2.05, 4.69) is 37.5 Å². The monoisotopic (exact) mass is 180 g/mol. The van der Waals surface area contributed by atoms with E-state index >= 15 is 0 Å². The van der Waals surface area contributed by atoms with Crippen LogP contribution in [0.2, 0.25) is 0 Å². The fourth-order valence-electron chi connectivity index (χ4n) is 1.14. The molecule has 0 unspecified atom stereocenters. The smallest absolute Gasteiger partial charge is 0.0890 e. The average molecular weight is 180 g/mol. The molecule has 0 N–H and O–H groups in total. The van der Waals surface area contributed by atoms with E-state index in [9.17, 15) is 0 Å². The summed E-state index contributed by atoms with van der Waals surface area (Å²) >= 11 is 0. The maximum atomic E-state index is 4.10. The molecule has 0 saturated carbocycles.